The molecule has 31 heavy (non-hydrogen) atoms. The summed E-state index contributed by atoms with van der Waals surface area (Å²) in [6, 6.07) is 8.41. The van der Waals surface area contributed by atoms with E-state index in [2.05, 4.69) is 36.9 Å². The summed E-state index contributed by atoms with van der Waals surface area (Å²) in [5.41, 5.74) is 3.50. The summed E-state index contributed by atoms with van der Waals surface area (Å²) < 4.78 is 17.2. The van der Waals surface area contributed by atoms with Crippen LogP contribution in [-0.4, -0.2) is 48.3 Å². The number of methoxy groups -OCH3 is 1. The molecule has 2 bridgehead atoms. The summed E-state index contributed by atoms with van der Waals surface area (Å²) in [6.45, 7) is 7.16. The molecule has 4 rings (SSSR count). The number of ether oxygens (including phenoxy) is 2. The first-order valence-corrected chi connectivity index (χ1v) is 11.6. The second-order valence-corrected chi connectivity index (χ2v) is 8.67. The molecule has 2 aromatic rings. The highest BCUT2D eigenvalue weighted by Crippen LogP contribution is 2.50. The van der Waals surface area contributed by atoms with E-state index in [0.717, 1.165) is 50.5 Å². The molecule has 0 N–H and O–H groups in total. The van der Waals surface area contributed by atoms with Gasteiger partial charge in [0.05, 0.1) is 30.9 Å². The maximum absolute atomic E-state index is 11.6. The number of benzene rings is 1. The minimum atomic E-state index is -0.170. The predicted octanol–water partition coefficient (Wildman–Crippen LogP) is 4.13. The molecule has 1 aromatic heterocycles. The summed E-state index contributed by atoms with van der Waals surface area (Å²) >= 11 is 0. The van der Waals surface area contributed by atoms with Crippen LogP contribution in [0.25, 0.3) is 0 Å². The first kappa shape index (κ1) is 22.0. The Kier molecular flexibility index (Phi) is 7.08. The highest BCUT2D eigenvalue weighted by atomic mass is 16.5. The number of hydrogen-bond donors (Lipinski definition) is 0. The quantitative estimate of drug-likeness (QED) is 0.533. The average molecular weight is 427 g/mol. The maximum atomic E-state index is 11.6. The highest BCUT2D eigenvalue weighted by molar-refractivity contribution is 5.69. The molecule has 2 saturated heterocycles. The molecule has 4 unspecified atom stereocenters. The predicted molar refractivity (Wildman–Crippen MR) is 118 cm³/mol. The smallest absolute Gasteiger partial charge is 0.305 e. The van der Waals surface area contributed by atoms with E-state index in [1.807, 2.05) is 12.3 Å². The number of rotatable bonds is 10. The van der Waals surface area contributed by atoms with Crippen LogP contribution < -0.4 is 0 Å². The van der Waals surface area contributed by atoms with Crippen molar-refractivity contribution in [2.75, 3.05) is 20.2 Å². The number of nitrogens with zero attached hydrogens (tertiary/aromatic N) is 2. The van der Waals surface area contributed by atoms with Crippen molar-refractivity contribution in [1.29, 1.82) is 0 Å². The Hall–Kier alpha value is -2.18. The zero-order valence-corrected chi connectivity index (χ0v) is 18.9. The van der Waals surface area contributed by atoms with E-state index in [0.29, 0.717) is 18.8 Å². The monoisotopic (exact) mass is 426 g/mol. The number of aryl methyl sites for hydroxylation is 1. The Bertz CT molecular complexity index is 876. The van der Waals surface area contributed by atoms with Gasteiger partial charge in [-0.25, -0.2) is 4.98 Å². The number of oxazole rings is 1. The van der Waals surface area contributed by atoms with E-state index < -0.39 is 0 Å². The van der Waals surface area contributed by atoms with Gasteiger partial charge in [0.25, 0.3) is 0 Å². The van der Waals surface area contributed by atoms with Gasteiger partial charge in [-0.1, -0.05) is 38.1 Å². The molecule has 6 nitrogen and oxygen atoms in total. The molecule has 0 spiro atoms. The van der Waals surface area contributed by atoms with Gasteiger partial charge in [0, 0.05) is 18.9 Å². The van der Waals surface area contributed by atoms with Crippen molar-refractivity contribution in [3.8, 4) is 0 Å². The lowest BCUT2D eigenvalue weighted by atomic mass is 9.75. The molecule has 2 fully saturated rings. The molecular formula is C25H34N2O4. The van der Waals surface area contributed by atoms with E-state index in [-0.39, 0.29) is 24.1 Å². The van der Waals surface area contributed by atoms with Crippen molar-refractivity contribution in [3.05, 3.63) is 53.2 Å². The first-order chi connectivity index (χ1) is 15.1. The minimum absolute atomic E-state index is 0.170. The first-order valence-electron chi connectivity index (χ1n) is 11.6. The van der Waals surface area contributed by atoms with Crippen LogP contribution in [0, 0.1) is 5.92 Å². The largest absolute Gasteiger partial charge is 0.469 e. The van der Waals surface area contributed by atoms with Crippen LogP contribution >= 0.6 is 0 Å². The summed E-state index contributed by atoms with van der Waals surface area (Å²) in [4.78, 5) is 18.9. The second-order valence-electron chi connectivity index (χ2n) is 8.67. The summed E-state index contributed by atoms with van der Waals surface area (Å²) in [5, 5.41) is 0. The van der Waals surface area contributed by atoms with Gasteiger partial charge < -0.3 is 13.9 Å². The Labute approximate surface area is 184 Å². The van der Waals surface area contributed by atoms with Crippen LogP contribution in [0.1, 0.15) is 61.7 Å². The summed E-state index contributed by atoms with van der Waals surface area (Å²) in [5.74, 6) is 1.19. The Morgan fingerprint density at radius 3 is 2.65 bits per heavy atom. The van der Waals surface area contributed by atoms with E-state index >= 15 is 0 Å². The molecule has 168 valence electrons. The third-order valence-corrected chi connectivity index (χ3v) is 6.96. The van der Waals surface area contributed by atoms with E-state index in [1.165, 1.54) is 18.2 Å². The van der Waals surface area contributed by atoms with Crippen molar-refractivity contribution in [1.82, 2.24) is 9.88 Å². The molecule has 6 heteroatoms. The lowest BCUT2D eigenvalue weighted by Gasteiger charge is -2.26. The fourth-order valence-electron chi connectivity index (χ4n) is 5.19. The van der Waals surface area contributed by atoms with Gasteiger partial charge in [-0.3, -0.25) is 9.69 Å². The number of carbonyl (C=O) groups is 1. The van der Waals surface area contributed by atoms with E-state index in [4.69, 9.17) is 18.9 Å². The van der Waals surface area contributed by atoms with Gasteiger partial charge >= 0.3 is 5.97 Å². The fraction of sp³-hybridized carbons (Fsp3) is 0.600. The molecular weight excluding hydrogens is 392 g/mol. The third kappa shape index (κ3) is 4.85. The van der Waals surface area contributed by atoms with Crippen molar-refractivity contribution < 1.29 is 18.7 Å². The molecule has 0 amide bonds. The normalized spacial score (nSPS) is 24.8. The molecule has 4 atom stereocenters. The van der Waals surface area contributed by atoms with E-state index in [9.17, 15) is 4.79 Å². The number of carbonyl (C=O) groups excluding carboxylic acids is 1. The van der Waals surface area contributed by atoms with Crippen LogP contribution in [0.3, 0.4) is 0 Å². The fourth-order valence-corrected chi connectivity index (χ4v) is 5.19. The molecule has 0 aliphatic carbocycles. The van der Waals surface area contributed by atoms with Crippen molar-refractivity contribution in [2.24, 2.45) is 5.92 Å². The van der Waals surface area contributed by atoms with Gasteiger partial charge in [-0.15, -0.1) is 0 Å². The van der Waals surface area contributed by atoms with Gasteiger partial charge in [0.15, 0.2) is 5.89 Å². The molecule has 3 heterocycles. The van der Waals surface area contributed by atoms with Crippen LogP contribution in [0.2, 0.25) is 0 Å². The number of hydrogen-bond acceptors (Lipinski definition) is 6. The third-order valence-electron chi connectivity index (χ3n) is 6.96. The SMILES string of the molecule is CCN(CC)Cc1coc(C2C3CCC(O3)C2Cc2ccccc2CCC(=O)OC)n1. The maximum Gasteiger partial charge on any atom is 0.305 e. The minimum Gasteiger partial charge on any atom is -0.469 e. The van der Waals surface area contributed by atoms with Crippen LogP contribution in [0.5, 0.6) is 0 Å². The van der Waals surface area contributed by atoms with Gasteiger partial charge in [-0.05, 0) is 49.9 Å². The molecule has 0 radical (unpaired) electrons. The highest BCUT2D eigenvalue weighted by Gasteiger charge is 2.51. The Balaban J connectivity index is 1.51. The molecule has 2 aliphatic rings. The Morgan fingerprint density at radius 1 is 1.16 bits per heavy atom. The van der Waals surface area contributed by atoms with E-state index in [1.54, 1.807) is 0 Å². The topological polar surface area (TPSA) is 64.8 Å². The lowest BCUT2D eigenvalue weighted by Crippen LogP contribution is -2.28. The van der Waals surface area contributed by atoms with Crippen LogP contribution in [0.15, 0.2) is 34.9 Å². The van der Waals surface area contributed by atoms with Crippen LogP contribution in [-0.2, 0) is 33.7 Å². The van der Waals surface area contributed by atoms with Gasteiger partial charge in [0.1, 0.15) is 6.26 Å². The summed E-state index contributed by atoms with van der Waals surface area (Å²) in [6.07, 6.45) is 6.45. The number of esters is 1. The van der Waals surface area contributed by atoms with Gasteiger partial charge in [0.2, 0.25) is 0 Å². The zero-order chi connectivity index (χ0) is 21.8. The van der Waals surface area contributed by atoms with Gasteiger partial charge in [-0.2, -0.15) is 0 Å². The average Bonchev–Trinajstić information content (AvgIpc) is 3.53. The van der Waals surface area contributed by atoms with Crippen LogP contribution in [0.4, 0.5) is 0 Å². The molecule has 1 aromatic carbocycles. The standard InChI is InChI=1S/C25H34N2O4/c1-4-27(5-2)15-19-16-30-25(26-19)24-20(21-11-12-22(24)31-21)14-18-9-7-6-8-17(18)10-13-23(28)29-3/h6-9,16,20-22,24H,4-5,10-15H2,1-3H3. The van der Waals surface area contributed by atoms with Crippen molar-refractivity contribution in [3.63, 3.8) is 0 Å². The second kappa shape index (κ2) is 9.96. The van der Waals surface area contributed by atoms with Crippen molar-refractivity contribution >= 4 is 5.97 Å². The summed E-state index contributed by atoms with van der Waals surface area (Å²) in [7, 11) is 1.44. The molecule has 0 saturated carbocycles. The Morgan fingerprint density at radius 2 is 1.90 bits per heavy atom. The van der Waals surface area contributed by atoms with Crippen molar-refractivity contribution in [2.45, 2.75) is 70.6 Å². The number of aromatic nitrogens is 1. The lowest BCUT2D eigenvalue weighted by molar-refractivity contribution is -0.140. The molecule has 2 aliphatic heterocycles. The number of fused-ring (bicyclic) bond motifs is 2. The zero-order valence-electron chi connectivity index (χ0n) is 18.9.